The van der Waals surface area contributed by atoms with Crippen molar-refractivity contribution in [1.82, 2.24) is 19.9 Å². The van der Waals surface area contributed by atoms with Gasteiger partial charge in [-0.15, -0.1) is 0 Å². The molecule has 11 heteroatoms. The number of carbonyl (C=O) groups excluding carboxylic acids is 1. The number of amides is 1. The van der Waals surface area contributed by atoms with Gasteiger partial charge in [-0.25, -0.2) is 15.0 Å². The highest BCUT2D eigenvalue weighted by atomic mass is 35.5. The van der Waals surface area contributed by atoms with Gasteiger partial charge in [-0.05, 0) is 68.5 Å². The fraction of sp³-hybridized carbons (Fsp3) is 0.312. The molecular formula is C32H34ClN7O3. The number of hydrogen-bond donors (Lipinski definition) is 3. The molecular weight excluding hydrogens is 566 g/mol. The summed E-state index contributed by atoms with van der Waals surface area (Å²) < 4.78 is 11.8. The van der Waals surface area contributed by atoms with Crippen molar-refractivity contribution in [3.63, 3.8) is 0 Å². The van der Waals surface area contributed by atoms with Crippen LogP contribution in [0.15, 0.2) is 67.6 Å². The number of hydrogen-bond acceptors (Lipinski definition) is 9. The summed E-state index contributed by atoms with van der Waals surface area (Å²) in [5, 5.41) is 11.7. The van der Waals surface area contributed by atoms with Gasteiger partial charge in [-0.1, -0.05) is 18.2 Å². The fourth-order valence-electron chi connectivity index (χ4n) is 5.30. The van der Waals surface area contributed by atoms with Gasteiger partial charge in [-0.3, -0.25) is 4.79 Å². The van der Waals surface area contributed by atoms with Crippen molar-refractivity contribution in [3.8, 4) is 17.2 Å². The number of methoxy groups -OCH3 is 1. The topological polar surface area (TPSA) is 114 Å². The molecule has 2 aliphatic rings. The molecule has 222 valence electrons. The molecule has 43 heavy (non-hydrogen) atoms. The van der Waals surface area contributed by atoms with E-state index in [1.54, 1.807) is 19.4 Å². The van der Waals surface area contributed by atoms with E-state index in [-0.39, 0.29) is 11.9 Å². The molecule has 3 heterocycles. The fourth-order valence-corrected chi connectivity index (χ4v) is 5.52. The van der Waals surface area contributed by atoms with Crippen molar-refractivity contribution in [2.75, 3.05) is 36.1 Å². The Morgan fingerprint density at radius 2 is 1.81 bits per heavy atom. The zero-order valence-electron chi connectivity index (χ0n) is 24.0. The molecule has 3 N–H and O–H groups in total. The number of piperidine rings is 1. The number of likely N-dealkylation sites (tertiary alicyclic amines) is 1. The number of pyridine rings is 1. The Morgan fingerprint density at radius 3 is 2.53 bits per heavy atom. The lowest BCUT2D eigenvalue weighted by Gasteiger charge is -2.32. The first-order valence-electron chi connectivity index (χ1n) is 14.5. The van der Waals surface area contributed by atoms with Crippen LogP contribution >= 0.6 is 11.6 Å². The van der Waals surface area contributed by atoms with E-state index in [2.05, 4.69) is 37.5 Å². The number of anilines is 4. The van der Waals surface area contributed by atoms with Crippen LogP contribution in [0.5, 0.6) is 17.2 Å². The molecule has 0 radical (unpaired) electrons. The minimum atomic E-state index is -0.0303. The Labute approximate surface area is 255 Å². The molecule has 0 unspecified atom stereocenters. The average molecular weight is 600 g/mol. The maximum absolute atomic E-state index is 12.0. The monoisotopic (exact) mass is 599 g/mol. The Bertz CT molecular complexity index is 1640. The van der Waals surface area contributed by atoms with Gasteiger partial charge in [0, 0.05) is 54.6 Å². The zero-order chi connectivity index (χ0) is 29.8. The Morgan fingerprint density at radius 1 is 1.00 bits per heavy atom. The van der Waals surface area contributed by atoms with Gasteiger partial charge in [0.1, 0.15) is 35.2 Å². The van der Waals surface area contributed by atoms with E-state index in [1.807, 2.05) is 41.3 Å². The number of fused-ring (bicyclic) bond motifs is 1. The first kappa shape index (κ1) is 28.5. The molecule has 0 atom stereocenters. The van der Waals surface area contributed by atoms with Crippen molar-refractivity contribution >= 4 is 51.4 Å². The zero-order valence-corrected chi connectivity index (χ0v) is 24.7. The van der Waals surface area contributed by atoms with E-state index in [9.17, 15) is 4.79 Å². The first-order chi connectivity index (χ1) is 21.0. The summed E-state index contributed by atoms with van der Waals surface area (Å²) in [4.78, 5) is 27.2. The van der Waals surface area contributed by atoms with Gasteiger partial charge < -0.3 is 30.3 Å². The molecule has 1 aliphatic carbocycles. The summed E-state index contributed by atoms with van der Waals surface area (Å²) in [7, 11) is 1.64. The summed E-state index contributed by atoms with van der Waals surface area (Å²) in [6.07, 6.45) is 9.84. The summed E-state index contributed by atoms with van der Waals surface area (Å²) >= 11 is 6.65. The van der Waals surface area contributed by atoms with Gasteiger partial charge in [0.2, 0.25) is 5.91 Å². The molecule has 1 aliphatic heterocycles. The number of benzene rings is 2. The van der Waals surface area contributed by atoms with Crippen LogP contribution in [0.25, 0.3) is 10.9 Å². The van der Waals surface area contributed by atoms with Crippen molar-refractivity contribution in [2.24, 2.45) is 0 Å². The highest BCUT2D eigenvalue weighted by Gasteiger charge is 2.23. The van der Waals surface area contributed by atoms with Crippen molar-refractivity contribution in [2.45, 2.75) is 44.2 Å². The second-order valence-corrected chi connectivity index (χ2v) is 11.2. The van der Waals surface area contributed by atoms with Gasteiger partial charge in [0.25, 0.3) is 0 Å². The molecule has 0 bridgehead atoms. The number of carbonyl (C=O) groups is 1. The number of nitrogens with zero attached hydrogens (tertiary/aromatic N) is 4. The maximum atomic E-state index is 12.0. The number of nitrogens with one attached hydrogen (secondary N) is 3. The van der Waals surface area contributed by atoms with Gasteiger partial charge in [0.15, 0.2) is 0 Å². The molecule has 0 spiro atoms. The maximum Gasteiger partial charge on any atom is 0.245 e. The normalized spacial score (nSPS) is 15.4. The molecule has 1 saturated carbocycles. The SMILES string of the molecule is C=CC(=O)N1CCC(Nc2cc3c(Nc4ccc(Oc5ccnc(NC6CCC6)c5)c(Cl)c4)ncnc3cc2OC)CC1. The van der Waals surface area contributed by atoms with Crippen LogP contribution in [0.4, 0.5) is 23.0 Å². The molecule has 2 aromatic heterocycles. The Balaban J connectivity index is 1.17. The number of rotatable bonds is 10. The lowest BCUT2D eigenvalue weighted by Crippen LogP contribution is -2.41. The third kappa shape index (κ3) is 6.59. The minimum Gasteiger partial charge on any atom is -0.495 e. The van der Waals surface area contributed by atoms with Crippen LogP contribution < -0.4 is 25.4 Å². The predicted octanol–water partition coefficient (Wildman–Crippen LogP) is 6.78. The van der Waals surface area contributed by atoms with Crippen molar-refractivity contribution in [1.29, 1.82) is 0 Å². The van der Waals surface area contributed by atoms with Gasteiger partial charge >= 0.3 is 0 Å². The third-order valence-electron chi connectivity index (χ3n) is 7.91. The average Bonchev–Trinajstić information content (AvgIpc) is 3.00. The second-order valence-electron chi connectivity index (χ2n) is 10.8. The number of ether oxygens (including phenoxy) is 2. The number of aromatic nitrogens is 3. The summed E-state index contributed by atoms with van der Waals surface area (Å²) in [6, 6.07) is 13.8. The van der Waals surface area contributed by atoms with Gasteiger partial charge in [0.05, 0.1) is 23.3 Å². The molecule has 2 aromatic carbocycles. The largest absolute Gasteiger partial charge is 0.495 e. The van der Waals surface area contributed by atoms with Crippen LogP contribution in [0.2, 0.25) is 5.02 Å². The Hall–Kier alpha value is -4.57. The molecule has 6 rings (SSSR count). The highest BCUT2D eigenvalue weighted by Crippen LogP contribution is 2.37. The second kappa shape index (κ2) is 12.7. The lowest BCUT2D eigenvalue weighted by atomic mass is 9.93. The van der Waals surface area contributed by atoms with Crippen LogP contribution in [-0.4, -0.2) is 58.0 Å². The highest BCUT2D eigenvalue weighted by molar-refractivity contribution is 6.32. The minimum absolute atomic E-state index is 0.0303. The number of halogens is 1. The summed E-state index contributed by atoms with van der Waals surface area (Å²) in [5.41, 5.74) is 2.33. The summed E-state index contributed by atoms with van der Waals surface area (Å²) in [6.45, 7) is 4.94. The molecule has 10 nitrogen and oxygen atoms in total. The van der Waals surface area contributed by atoms with E-state index in [0.29, 0.717) is 47.2 Å². The summed E-state index contributed by atoms with van der Waals surface area (Å²) in [5.74, 6) is 3.29. The van der Waals surface area contributed by atoms with Crippen molar-refractivity contribution < 1.29 is 14.3 Å². The van der Waals surface area contributed by atoms with E-state index in [0.717, 1.165) is 40.9 Å². The molecule has 1 amide bonds. The predicted molar refractivity (Wildman–Crippen MR) is 170 cm³/mol. The van der Waals surface area contributed by atoms with E-state index in [4.69, 9.17) is 21.1 Å². The van der Waals surface area contributed by atoms with Crippen LogP contribution in [0.3, 0.4) is 0 Å². The first-order valence-corrected chi connectivity index (χ1v) is 14.8. The third-order valence-corrected chi connectivity index (χ3v) is 8.20. The quantitative estimate of drug-likeness (QED) is 0.170. The smallest absolute Gasteiger partial charge is 0.245 e. The van der Waals surface area contributed by atoms with E-state index < -0.39 is 0 Å². The standard InChI is InChI=1S/C32H34ClN7O3/c1-3-31(41)40-13-10-21(11-14-40)37-27-17-24-26(18-29(27)42-2)35-19-36-32(24)39-22-7-8-28(25(33)15-22)43-23-9-12-34-30(16-23)38-20-5-4-6-20/h3,7-9,12,15-21,37H,1,4-6,10-11,13-14H2,2H3,(H,34,38)(H,35,36,39). The van der Waals surface area contributed by atoms with Crippen LogP contribution in [0, 0.1) is 0 Å². The Kier molecular flexibility index (Phi) is 8.46. The van der Waals surface area contributed by atoms with E-state index >= 15 is 0 Å². The van der Waals surface area contributed by atoms with Crippen molar-refractivity contribution in [3.05, 3.63) is 72.7 Å². The molecule has 1 saturated heterocycles. The molecule has 2 fully saturated rings. The van der Waals surface area contributed by atoms with Gasteiger partial charge in [-0.2, -0.15) is 0 Å². The van der Waals surface area contributed by atoms with E-state index in [1.165, 1.54) is 31.7 Å². The van der Waals surface area contributed by atoms with Crippen LogP contribution in [0.1, 0.15) is 32.1 Å². The lowest BCUT2D eigenvalue weighted by molar-refractivity contribution is -0.126. The van der Waals surface area contributed by atoms with Crippen LogP contribution in [-0.2, 0) is 4.79 Å². The molecule has 4 aromatic rings.